The van der Waals surface area contributed by atoms with Gasteiger partial charge in [-0.1, -0.05) is 6.92 Å². The van der Waals surface area contributed by atoms with E-state index >= 15 is 0 Å². The van der Waals surface area contributed by atoms with Crippen LogP contribution in [0.3, 0.4) is 0 Å². The fraction of sp³-hybridized carbons (Fsp3) is 0.286. The molecule has 0 saturated carbocycles. The molecule has 0 unspecified atom stereocenters. The molecule has 0 radical (unpaired) electrons. The van der Waals surface area contributed by atoms with E-state index < -0.39 is 11.6 Å². The number of benzene rings is 1. The largest absolute Gasteiger partial charge is 0.503 e. The molecule has 188 valence electrons. The van der Waals surface area contributed by atoms with Gasteiger partial charge in [-0.25, -0.2) is 14.3 Å². The Kier molecular flexibility index (Phi) is 5.45. The number of ether oxygens (including phenoxy) is 2. The van der Waals surface area contributed by atoms with Gasteiger partial charge in [0.1, 0.15) is 12.4 Å². The first-order valence-corrected chi connectivity index (χ1v) is 12.3. The Balaban J connectivity index is 1.27. The van der Waals surface area contributed by atoms with Crippen LogP contribution < -0.4 is 14.9 Å². The number of rotatable bonds is 6. The number of carbonyl (C=O) groups is 1. The predicted octanol–water partition coefficient (Wildman–Crippen LogP) is 2.54. The molecule has 4 aromatic rings. The number of aromatic nitrogens is 3. The zero-order valence-corrected chi connectivity index (χ0v) is 20.3. The number of fused-ring (bicyclic) bond motifs is 5. The van der Waals surface area contributed by atoms with Crippen LogP contribution >= 0.6 is 0 Å². The van der Waals surface area contributed by atoms with Crippen molar-refractivity contribution >= 4 is 16.9 Å². The van der Waals surface area contributed by atoms with E-state index in [1.165, 1.54) is 0 Å². The number of aliphatic hydroxyl groups is 1. The second kappa shape index (κ2) is 8.70. The SMILES string of the molecule is CC[C@@]1(O)C(=O)OCc2c1cc1n(c2=O)Cc2cc3cc(OCCC[n+]4cccc(O)c4)ccc3nc2-1. The molecule has 0 aliphatic carbocycles. The first-order valence-electron chi connectivity index (χ1n) is 12.3. The van der Waals surface area contributed by atoms with E-state index in [9.17, 15) is 19.8 Å². The number of cyclic esters (lactones) is 1. The van der Waals surface area contributed by atoms with Crippen LogP contribution in [-0.2, 0) is 34.8 Å². The average molecular weight is 501 g/mol. The van der Waals surface area contributed by atoms with Crippen molar-refractivity contribution in [3.63, 3.8) is 0 Å². The summed E-state index contributed by atoms with van der Waals surface area (Å²) in [5.74, 6) is 0.219. The number of aryl methyl sites for hydroxylation is 1. The van der Waals surface area contributed by atoms with Gasteiger partial charge >= 0.3 is 5.97 Å². The molecule has 2 aliphatic rings. The minimum Gasteiger partial charge on any atom is -0.503 e. The lowest BCUT2D eigenvalue weighted by molar-refractivity contribution is -0.697. The fourth-order valence-electron chi connectivity index (χ4n) is 5.14. The van der Waals surface area contributed by atoms with Crippen LogP contribution in [0.5, 0.6) is 11.5 Å². The summed E-state index contributed by atoms with van der Waals surface area (Å²) < 4.78 is 14.6. The summed E-state index contributed by atoms with van der Waals surface area (Å²) in [5.41, 5.74) is 1.40. The van der Waals surface area contributed by atoms with Gasteiger partial charge in [-0.2, -0.15) is 0 Å². The van der Waals surface area contributed by atoms with E-state index in [-0.39, 0.29) is 24.3 Å². The molecule has 5 heterocycles. The molecule has 9 heteroatoms. The van der Waals surface area contributed by atoms with Crippen molar-refractivity contribution in [2.75, 3.05) is 6.61 Å². The van der Waals surface area contributed by atoms with Crippen LogP contribution in [0.4, 0.5) is 0 Å². The van der Waals surface area contributed by atoms with E-state index in [0.717, 1.165) is 35.2 Å². The summed E-state index contributed by atoms with van der Waals surface area (Å²) in [6.07, 6.45) is 4.45. The molecular formula is C28H26N3O6+. The normalized spacial score (nSPS) is 17.7. The molecule has 0 amide bonds. The second-order valence-corrected chi connectivity index (χ2v) is 9.46. The Morgan fingerprint density at radius 2 is 2.08 bits per heavy atom. The molecule has 6 rings (SSSR count). The highest BCUT2D eigenvalue weighted by atomic mass is 16.6. The molecule has 1 aromatic carbocycles. The number of aromatic hydroxyl groups is 1. The molecule has 2 N–H and O–H groups in total. The highest BCUT2D eigenvalue weighted by Crippen LogP contribution is 2.38. The standard InChI is InChI=1S/C28H25N3O6/c1-2-28(35)22-13-24-25-18(14-31(24)26(33)21(22)16-37-27(28)34)11-17-12-20(6-7-23(17)29-25)36-10-4-9-30-8-3-5-19(32)15-30/h3,5-8,11-13,15,35H,2,4,9-10,14,16H2,1H3/p+1/t28-/m0/s1. The van der Waals surface area contributed by atoms with Gasteiger partial charge < -0.3 is 24.3 Å². The molecule has 2 aliphatic heterocycles. The first kappa shape index (κ1) is 23.2. The predicted molar refractivity (Wildman–Crippen MR) is 133 cm³/mol. The van der Waals surface area contributed by atoms with E-state index in [1.807, 2.05) is 35.0 Å². The lowest BCUT2D eigenvalue weighted by atomic mass is 9.86. The van der Waals surface area contributed by atoms with Gasteiger partial charge in [-0.15, -0.1) is 0 Å². The molecule has 0 bridgehead atoms. The lowest BCUT2D eigenvalue weighted by Crippen LogP contribution is -2.44. The van der Waals surface area contributed by atoms with Crippen molar-refractivity contribution in [2.45, 2.75) is 45.1 Å². The van der Waals surface area contributed by atoms with Crippen molar-refractivity contribution in [3.8, 4) is 22.9 Å². The van der Waals surface area contributed by atoms with Gasteiger partial charge in [0.05, 0.1) is 35.6 Å². The monoisotopic (exact) mass is 500 g/mol. The molecule has 0 spiro atoms. The Morgan fingerprint density at radius 1 is 1.22 bits per heavy atom. The maximum absolute atomic E-state index is 13.3. The molecule has 0 fully saturated rings. The molecule has 0 saturated heterocycles. The number of pyridine rings is 3. The number of nitrogens with zero attached hydrogens (tertiary/aromatic N) is 3. The first-order chi connectivity index (χ1) is 17.9. The van der Waals surface area contributed by atoms with Crippen molar-refractivity contribution in [1.82, 2.24) is 9.55 Å². The number of hydrogen-bond donors (Lipinski definition) is 2. The maximum atomic E-state index is 13.3. The van der Waals surface area contributed by atoms with E-state index in [2.05, 4.69) is 0 Å². The number of esters is 1. The van der Waals surface area contributed by atoms with E-state index in [4.69, 9.17) is 14.5 Å². The van der Waals surface area contributed by atoms with Crippen molar-refractivity contribution in [1.29, 1.82) is 0 Å². The van der Waals surface area contributed by atoms with Gasteiger partial charge in [0.2, 0.25) is 6.20 Å². The zero-order valence-electron chi connectivity index (χ0n) is 20.3. The van der Waals surface area contributed by atoms with Crippen LogP contribution in [0.25, 0.3) is 22.3 Å². The molecule has 1 atom stereocenters. The summed E-state index contributed by atoms with van der Waals surface area (Å²) in [4.78, 5) is 30.5. The Labute approximate surface area is 212 Å². The third-order valence-electron chi connectivity index (χ3n) is 7.15. The van der Waals surface area contributed by atoms with E-state index in [1.54, 1.807) is 35.9 Å². The van der Waals surface area contributed by atoms with Crippen LogP contribution in [0.15, 0.2) is 59.7 Å². The van der Waals surface area contributed by atoms with Gasteiger partial charge in [-0.05, 0) is 42.8 Å². The minimum atomic E-state index is -1.84. The minimum absolute atomic E-state index is 0.106. The second-order valence-electron chi connectivity index (χ2n) is 9.46. The summed E-state index contributed by atoms with van der Waals surface area (Å²) in [5, 5.41) is 21.5. The Bertz CT molecular complexity index is 1630. The van der Waals surface area contributed by atoms with Crippen LogP contribution in [0.2, 0.25) is 0 Å². The Hall–Kier alpha value is -4.24. The van der Waals surface area contributed by atoms with Gasteiger partial charge in [0, 0.05) is 29.0 Å². The molecule has 3 aromatic heterocycles. The van der Waals surface area contributed by atoms with Gasteiger partial charge in [-0.3, -0.25) is 4.79 Å². The lowest BCUT2D eigenvalue weighted by Gasteiger charge is -2.31. The summed E-state index contributed by atoms with van der Waals surface area (Å²) >= 11 is 0. The Morgan fingerprint density at radius 3 is 2.89 bits per heavy atom. The third-order valence-corrected chi connectivity index (χ3v) is 7.15. The molecule has 9 nitrogen and oxygen atoms in total. The van der Waals surface area contributed by atoms with Crippen molar-refractivity contribution in [3.05, 3.63) is 81.9 Å². The number of hydrogen-bond acceptors (Lipinski definition) is 7. The van der Waals surface area contributed by atoms with Crippen LogP contribution in [0.1, 0.15) is 36.5 Å². The fourth-order valence-corrected chi connectivity index (χ4v) is 5.14. The summed E-state index contributed by atoms with van der Waals surface area (Å²) in [6.45, 7) is 3.13. The summed E-state index contributed by atoms with van der Waals surface area (Å²) in [7, 11) is 0. The van der Waals surface area contributed by atoms with Crippen LogP contribution in [0, 0.1) is 0 Å². The van der Waals surface area contributed by atoms with Crippen molar-refractivity contribution < 1.29 is 29.0 Å². The highest BCUT2D eigenvalue weighted by molar-refractivity contribution is 5.87. The third kappa shape index (κ3) is 3.82. The quantitative estimate of drug-likeness (QED) is 0.209. The van der Waals surface area contributed by atoms with Crippen molar-refractivity contribution in [2.24, 2.45) is 0 Å². The van der Waals surface area contributed by atoms with Gasteiger partial charge in [0.25, 0.3) is 5.56 Å². The van der Waals surface area contributed by atoms with E-state index in [0.29, 0.717) is 35.7 Å². The number of carbonyl (C=O) groups excluding carboxylic acids is 1. The smallest absolute Gasteiger partial charge is 0.343 e. The zero-order chi connectivity index (χ0) is 25.7. The maximum Gasteiger partial charge on any atom is 0.343 e. The highest BCUT2D eigenvalue weighted by Gasteiger charge is 2.45. The molecule has 37 heavy (non-hydrogen) atoms. The van der Waals surface area contributed by atoms with Crippen LogP contribution in [-0.4, -0.2) is 32.3 Å². The van der Waals surface area contributed by atoms with Gasteiger partial charge in [0.15, 0.2) is 24.1 Å². The molecular weight excluding hydrogens is 474 g/mol. The topological polar surface area (TPSA) is 115 Å². The summed E-state index contributed by atoms with van der Waals surface area (Å²) in [6, 6.07) is 12.8. The average Bonchev–Trinajstić information content (AvgIpc) is 3.25.